The minimum atomic E-state index is -0.491. The van der Waals surface area contributed by atoms with Gasteiger partial charge in [0, 0.05) is 19.5 Å². The average Bonchev–Trinajstić information content (AvgIpc) is 3.30. The Hall–Kier alpha value is -3.03. The van der Waals surface area contributed by atoms with Crippen molar-refractivity contribution in [2.75, 3.05) is 18.0 Å². The number of piperidine rings is 1. The molecule has 0 amide bonds. The molecule has 2 aromatic heterocycles. The van der Waals surface area contributed by atoms with Crippen molar-refractivity contribution in [3.8, 4) is 0 Å². The van der Waals surface area contributed by atoms with Crippen LogP contribution in [0.25, 0.3) is 11.0 Å². The lowest BCUT2D eigenvalue weighted by atomic mass is 9.76. The number of para-hydroxylation sites is 2. The Morgan fingerprint density at radius 1 is 1.20 bits per heavy atom. The normalized spacial score (nSPS) is 20.8. The highest BCUT2D eigenvalue weighted by Crippen LogP contribution is 2.44. The predicted molar refractivity (Wildman–Crippen MR) is 109 cm³/mol. The molecule has 8 heteroatoms. The van der Waals surface area contributed by atoms with Crippen molar-refractivity contribution in [3.63, 3.8) is 0 Å². The summed E-state index contributed by atoms with van der Waals surface area (Å²) in [5.41, 5.74) is 1.90. The van der Waals surface area contributed by atoms with Gasteiger partial charge in [-0.25, -0.2) is 19.3 Å². The molecule has 0 aliphatic carbocycles. The number of aryl methyl sites for hydroxylation is 1. The van der Waals surface area contributed by atoms with Gasteiger partial charge in [-0.15, -0.1) is 0 Å². The van der Waals surface area contributed by atoms with Crippen LogP contribution in [0.1, 0.15) is 31.9 Å². The lowest BCUT2D eigenvalue weighted by Crippen LogP contribution is -2.43. The Morgan fingerprint density at radius 3 is 2.80 bits per heavy atom. The Morgan fingerprint density at radius 2 is 2.00 bits per heavy atom. The third-order valence-corrected chi connectivity index (χ3v) is 6.45. The molecule has 7 nitrogen and oxygen atoms in total. The second-order valence-corrected chi connectivity index (χ2v) is 8.20. The molecule has 5 rings (SSSR count). The number of ether oxygens (including phenoxy) is 1. The number of rotatable bonds is 4. The lowest BCUT2D eigenvalue weighted by Gasteiger charge is -2.37. The van der Waals surface area contributed by atoms with Gasteiger partial charge in [-0.3, -0.25) is 4.79 Å². The van der Waals surface area contributed by atoms with Crippen molar-refractivity contribution < 1.29 is 13.9 Å². The zero-order valence-corrected chi connectivity index (χ0v) is 16.9. The van der Waals surface area contributed by atoms with Gasteiger partial charge in [0.1, 0.15) is 12.4 Å². The summed E-state index contributed by atoms with van der Waals surface area (Å²) < 4.78 is 22.5. The van der Waals surface area contributed by atoms with E-state index in [1.165, 1.54) is 6.33 Å². The molecule has 0 saturated carbocycles. The van der Waals surface area contributed by atoms with Gasteiger partial charge in [-0.2, -0.15) is 0 Å². The summed E-state index contributed by atoms with van der Waals surface area (Å²) in [6.45, 7) is 3.62. The molecule has 1 aromatic carbocycles. The van der Waals surface area contributed by atoms with Crippen LogP contribution < -0.4 is 4.90 Å². The third kappa shape index (κ3) is 3.11. The van der Waals surface area contributed by atoms with E-state index in [4.69, 9.17) is 4.74 Å². The van der Waals surface area contributed by atoms with Crippen LogP contribution >= 0.6 is 0 Å². The van der Waals surface area contributed by atoms with Gasteiger partial charge in [-0.05, 0) is 31.4 Å². The maximum Gasteiger partial charge on any atom is 0.312 e. The topological polar surface area (TPSA) is 73.1 Å². The number of halogens is 1. The number of imidazole rings is 1. The van der Waals surface area contributed by atoms with Gasteiger partial charge < -0.3 is 14.2 Å². The highest BCUT2D eigenvalue weighted by atomic mass is 19.1. The van der Waals surface area contributed by atoms with Crippen LogP contribution in [0, 0.1) is 11.2 Å². The number of benzene rings is 1. The number of esters is 1. The highest BCUT2D eigenvalue weighted by Gasteiger charge is 2.50. The van der Waals surface area contributed by atoms with Crippen LogP contribution in [-0.4, -0.2) is 44.7 Å². The van der Waals surface area contributed by atoms with E-state index < -0.39 is 5.41 Å². The van der Waals surface area contributed by atoms with Gasteiger partial charge in [0.2, 0.25) is 0 Å². The quantitative estimate of drug-likeness (QED) is 0.617. The molecule has 2 fully saturated rings. The summed E-state index contributed by atoms with van der Waals surface area (Å²) in [6.07, 6.45) is 5.51. The van der Waals surface area contributed by atoms with E-state index in [1.54, 1.807) is 6.33 Å². The summed E-state index contributed by atoms with van der Waals surface area (Å²) in [7, 11) is 0. The molecule has 156 valence electrons. The van der Waals surface area contributed by atoms with E-state index in [9.17, 15) is 9.18 Å². The fraction of sp³-hybridized carbons (Fsp3) is 0.455. The average molecular weight is 409 g/mol. The lowest BCUT2D eigenvalue weighted by molar-refractivity contribution is -0.150. The van der Waals surface area contributed by atoms with Crippen LogP contribution in [0.15, 0.2) is 36.9 Å². The van der Waals surface area contributed by atoms with Crippen LogP contribution in [0.2, 0.25) is 0 Å². The number of carbonyl (C=O) groups excluding carboxylic acids is 1. The number of hydrogen-bond acceptors (Lipinski definition) is 6. The summed E-state index contributed by atoms with van der Waals surface area (Å²) in [4.78, 5) is 27.3. The molecule has 3 aromatic rings. The van der Waals surface area contributed by atoms with E-state index in [1.807, 2.05) is 40.7 Å². The number of nitrogens with zero attached hydrogens (tertiary/aromatic N) is 5. The van der Waals surface area contributed by atoms with Gasteiger partial charge in [0.15, 0.2) is 11.6 Å². The molecule has 1 unspecified atom stereocenters. The first-order chi connectivity index (χ1) is 14.6. The fourth-order valence-corrected chi connectivity index (χ4v) is 4.73. The zero-order chi connectivity index (χ0) is 20.7. The second kappa shape index (κ2) is 7.34. The van der Waals surface area contributed by atoms with Crippen molar-refractivity contribution in [3.05, 3.63) is 48.4 Å². The second-order valence-electron chi connectivity index (χ2n) is 8.20. The first kappa shape index (κ1) is 19.0. The highest BCUT2D eigenvalue weighted by molar-refractivity contribution is 5.80. The minimum Gasteiger partial charge on any atom is -0.460 e. The van der Waals surface area contributed by atoms with Crippen LogP contribution in [-0.2, 0) is 22.5 Å². The van der Waals surface area contributed by atoms with Crippen LogP contribution in [0.5, 0.6) is 0 Å². The number of anilines is 1. The van der Waals surface area contributed by atoms with Crippen molar-refractivity contribution in [2.45, 2.75) is 45.3 Å². The largest absolute Gasteiger partial charge is 0.460 e. The minimum absolute atomic E-state index is 0.131. The van der Waals surface area contributed by atoms with E-state index >= 15 is 0 Å². The molecule has 1 atom stereocenters. The molecule has 1 spiro atoms. The smallest absolute Gasteiger partial charge is 0.312 e. The molecule has 30 heavy (non-hydrogen) atoms. The molecular formula is C22H24FN5O2. The molecule has 2 aliphatic heterocycles. The van der Waals surface area contributed by atoms with Gasteiger partial charge in [-0.1, -0.05) is 19.1 Å². The predicted octanol–water partition coefficient (Wildman–Crippen LogP) is 3.13. The molecule has 2 saturated heterocycles. The van der Waals surface area contributed by atoms with Gasteiger partial charge in [0.25, 0.3) is 0 Å². The van der Waals surface area contributed by atoms with Gasteiger partial charge >= 0.3 is 5.97 Å². The Bertz CT molecular complexity index is 1090. The Labute approximate surface area is 173 Å². The summed E-state index contributed by atoms with van der Waals surface area (Å²) in [5, 5.41) is 0. The van der Waals surface area contributed by atoms with Crippen molar-refractivity contribution in [1.82, 2.24) is 19.5 Å². The number of cyclic esters (lactones) is 1. The first-order valence-electron chi connectivity index (χ1n) is 10.4. The Kier molecular flexibility index (Phi) is 4.64. The summed E-state index contributed by atoms with van der Waals surface area (Å²) in [5.74, 6) is -0.145. The van der Waals surface area contributed by atoms with Crippen molar-refractivity contribution in [1.29, 1.82) is 0 Å². The van der Waals surface area contributed by atoms with Crippen molar-refractivity contribution in [2.24, 2.45) is 5.41 Å². The molecule has 4 heterocycles. The fourth-order valence-electron chi connectivity index (χ4n) is 4.73. The Balaban J connectivity index is 1.28. The van der Waals surface area contributed by atoms with E-state index in [0.717, 1.165) is 11.0 Å². The summed E-state index contributed by atoms with van der Waals surface area (Å²) in [6, 6.07) is 7.94. The maximum absolute atomic E-state index is 14.6. The number of hydrogen-bond donors (Lipinski definition) is 0. The van der Waals surface area contributed by atoms with Crippen LogP contribution in [0.3, 0.4) is 0 Å². The van der Waals surface area contributed by atoms with Gasteiger partial charge in [0.05, 0.1) is 35.0 Å². The molecular weight excluding hydrogens is 385 g/mol. The van der Waals surface area contributed by atoms with E-state index in [-0.39, 0.29) is 17.9 Å². The molecule has 0 N–H and O–H groups in total. The first-order valence-corrected chi connectivity index (χ1v) is 10.4. The molecule has 2 aliphatic rings. The monoisotopic (exact) mass is 409 g/mol. The number of carbonyl (C=O) groups is 1. The van der Waals surface area contributed by atoms with E-state index in [2.05, 4.69) is 15.0 Å². The SMILES string of the molecule is CCc1ncnc(N2CCC3(CC2)CC(Cn2cnc4ccccc42)OC3=O)c1F. The number of fused-ring (bicyclic) bond motifs is 1. The molecule has 0 radical (unpaired) electrons. The zero-order valence-electron chi connectivity index (χ0n) is 16.9. The molecule has 0 bridgehead atoms. The van der Waals surface area contributed by atoms with Crippen LogP contribution in [0.4, 0.5) is 10.2 Å². The third-order valence-electron chi connectivity index (χ3n) is 6.45. The number of aromatic nitrogens is 4. The van der Waals surface area contributed by atoms with Crippen molar-refractivity contribution >= 4 is 22.8 Å². The summed E-state index contributed by atoms with van der Waals surface area (Å²) >= 11 is 0. The standard InChI is InChI=1S/C22H24FN5O2/c1-2-16-19(23)20(25-13-24-16)27-9-7-22(8-10-27)11-15(30-21(22)29)12-28-14-26-17-5-3-4-6-18(17)28/h3-6,13-15H,2,7-12H2,1H3. The maximum atomic E-state index is 14.6. The van der Waals surface area contributed by atoms with E-state index in [0.29, 0.717) is 56.8 Å².